The minimum atomic E-state index is 1.09. The summed E-state index contributed by atoms with van der Waals surface area (Å²) in [4.78, 5) is 0. The molecule has 1 heterocycles. The van der Waals surface area contributed by atoms with Gasteiger partial charge in [0.05, 0.1) is 5.69 Å². The van der Waals surface area contributed by atoms with Crippen LogP contribution in [0, 0.1) is 0 Å². The van der Waals surface area contributed by atoms with Crippen LogP contribution in [0.3, 0.4) is 0 Å². The lowest BCUT2D eigenvalue weighted by Gasteiger charge is -2.05. The second kappa shape index (κ2) is 3.13. The van der Waals surface area contributed by atoms with Crippen LogP contribution in [0.4, 0.5) is 5.69 Å². The molecule has 1 N–H and O–H groups in total. The Morgan fingerprint density at radius 2 is 1.50 bits per heavy atom. The fraction of sp³-hybridized carbons (Fsp3) is 0. The SMILES string of the molecule is c1ccc(Nn2cccc2)cc1. The summed E-state index contributed by atoms with van der Waals surface area (Å²) in [6.07, 6.45) is 3.93. The summed E-state index contributed by atoms with van der Waals surface area (Å²) < 4.78 is 1.91. The highest BCUT2D eigenvalue weighted by molar-refractivity contribution is 5.42. The lowest BCUT2D eigenvalue weighted by Crippen LogP contribution is -2.04. The van der Waals surface area contributed by atoms with Crippen molar-refractivity contribution in [3.05, 3.63) is 54.9 Å². The number of nitrogens with one attached hydrogen (secondary N) is 1. The van der Waals surface area contributed by atoms with Crippen molar-refractivity contribution in [1.82, 2.24) is 4.68 Å². The fourth-order valence-electron chi connectivity index (χ4n) is 1.07. The van der Waals surface area contributed by atoms with E-state index in [-0.39, 0.29) is 0 Å². The van der Waals surface area contributed by atoms with Crippen LogP contribution in [0.1, 0.15) is 0 Å². The Hall–Kier alpha value is -1.70. The van der Waals surface area contributed by atoms with Crippen molar-refractivity contribution in [1.29, 1.82) is 0 Å². The molecule has 0 saturated carbocycles. The number of anilines is 1. The molecule has 0 aliphatic rings. The third kappa shape index (κ3) is 1.48. The van der Waals surface area contributed by atoms with Gasteiger partial charge in [-0.1, -0.05) is 18.2 Å². The molecule has 0 radical (unpaired) electrons. The van der Waals surface area contributed by atoms with E-state index in [1.807, 2.05) is 59.5 Å². The van der Waals surface area contributed by atoms with E-state index in [1.54, 1.807) is 0 Å². The normalized spacial score (nSPS) is 9.67. The highest BCUT2D eigenvalue weighted by Crippen LogP contribution is 2.05. The second-order valence-corrected chi connectivity index (χ2v) is 2.57. The molecule has 2 rings (SSSR count). The van der Waals surface area contributed by atoms with E-state index < -0.39 is 0 Å². The molecule has 0 spiro atoms. The topological polar surface area (TPSA) is 17.0 Å². The van der Waals surface area contributed by atoms with Crippen LogP contribution >= 0.6 is 0 Å². The van der Waals surface area contributed by atoms with Gasteiger partial charge in [-0.25, -0.2) is 0 Å². The van der Waals surface area contributed by atoms with Crippen LogP contribution in [0.2, 0.25) is 0 Å². The number of para-hydroxylation sites is 1. The number of hydrogen-bond acceptors (Lipinski definition) is 1. The molecule has 0 atom stereocenters. The van der Waals surface area contributed by atoms with E-state index in [2.05, 4.69) is 5.43 Å². The van der Waals surface area contributed by atoms with Gasteiger partial charge in [-0.15, -0.1) is 0 Å². The van der Waals surface area contributed by atoms with Gasteiger partial charge in [-0.05, 0) is 24.3 Å². The molecule has 1 aromatic carbocycles. The van der Waals surface area contributed by atoms with Gasteiger partial charge < -0.3 is 0 Å². The molecule has 12 heavy (non-hydrogen) atoms. The Morgan fingerprint density at radius 3 is 2.17 bits per heavy atom. The lowest BCUT2D eigenvalue weighted by molar-refractivity contribution is 0.971. The number of aromatic nitrogens is 1. The van der Waals surface area contributed by atoms with E-state index in [0.29, 0.717) is 0 Å². The second-order valence-electron chi connectivity index (χ2n) is 2.57. The molecule has 0 unspecified atom stereocenters. The van der Waals surface area contributed by atoms with Crippen LogP contribution in [-0.2, 0) is 0 Å². The molecule has 0 saturated heterocycles. The highest BCUT2D eigenvalue weighted by Gasteiger charge is 1.87. The van der Waals surface area contributed by atoms with Crippen LogP contribution in [-0.4, -0.2) is 4.68 Å². The molecule has 2 heteroatoms. The summed E-state index contributed by atoms with van der Waals surface area (Å²) in [6, 6.07) is 14.0. The average Bonchev–Trinajstić information content (AvgIpc) is 2.59. The molecule has 0 bridgehead atoms. The number of nitrogens with zero attached hydrogens (tertiary/aromatic N) is 1. The molecular formula is C10H10N2. The van der Waals surface area contributed by atoms with E-state index >= 15 is 0 Å². The van der Waals surface area contributed by atoms with E-state index in [9.17, 15) is 0 Å². The number of hydrogen-bond donors (Lipinski definition) is 1. The first-order valence-corrected chi connectivity index (χ1v) is 3.90. The molecule has 0 fully saturated rings. The van der Waals surface area contributed by atoms with Crippen LogP contribution in [0.15, 0.2) is 54.9 Å². The van der Waals surface area contributed by atoms with Gasteiger partial charge >= 0.3 is 0 Å². The molecular weight excluding hydrogens is 148 g/mol. The zero-order chi connectivity index (χ0) is 8.23. The van der Waals surface area contributed by atoms with Gasteiger partial charge in [0, 0.05) is 12.4 Å². The largest absolute Gasteiger partial charge is 0.295 e. The Kier molecular flexibility index (Phi) is 1.82. The van der Waals surface area contributed by atoms with Gasteiger partial charge in [-0.3, -0.25) is 10.1 Å². The Morgan fingerprint density at radius 1 is 0.833 bits per heavy atom. The molecule has 60 valence electrons. The van der Waals surface area contributed by atoms with Crippen molar-refractivity contribution in [2.24, 2.45) is 0 Å². The molecule has 0 aliphatic carbocycles. The van der Waals surface area contributed by atoms with Gasteiger partial charge in [0.1, 0.15) is 0 Å². The fourth-order valence-corrected chi connectivity index (χ4v) is 1.07. The third-order valence-electron chi connectivity index (χ3n) is 1.64. The third-order valence-corrected chi connectivity index (χ3v) is 1.64. The standard InChI is InChI=1S/C10H10N2/c1-2-6-10(7-3-1)11-12-8-4-5-9-12/h1-9,11H. The smallest absolute Gasteiger partial charge is 0.0545 e. The van der Waals surface area contributed by atoms with Crippen molar-refractivity contribution < 1.29 is 0 Å². The molecule has 1 aromatic heterocycles. The summed E-state index contributed by atoms with van der Waals surface area (Å²) in [5, 5.41) is 0. The maximum absolute atomic E-state index is 3.20. The zero-order valence-electron chi connectivity index (χ0n) is 6.64. The van der Waals surface area contributed by atoms with Gasteiger partial charge in [0.25, 0.3) is 0 Å². The van der Waals surface area contributed by atoms with E-state index in [1.165, 1.54) is 0 Å². The van der Waals surface area contributed by atoms with Crippen molar-refractivity contribution in [3.63, 3.8) is 0 Å². The molecule has 2 nitrogen and oxygen atoms in total. The molecule has 0 aliphatic heterocycles. The zero-order valence-corrected chi connectivity index (χ0v) is 6.64. The first kappa shape index (κ1) is 6.98. The van der Waals surface area contributed by atoms with E-state index in [0.717, 1.165) is 5.69 Å². The first-order chi connectivity index (χ1) is 5.95. The maximum atomic E-state index is 3.20. The summed E-state index contributed by atoms with van der Waals surface area (Å²) in [6.45, 7) is 0. The first-order valence-electron chi connectivity index (χ1n) is 3.90. The van der Waals surface area contributed by atoms with E-state index in [4.69, 9.17) is 0 Å². The average molecular weight is 158 g/mol. The van der Waals surface area contributed by atoms with Gasteiger partial charge in [0.15, 0.2) is 0 Å². The Labute approximate surface area is 71.4 Å². The summed E-state index contributed by atoms with van der Waals surface area (Å²) >= 11 is 0. The number of benzene rings is 1. The van der Waals surface area contributed by atoms with Crippen LogP contribution < -0.4 is 5.43 Å². The summed E-state index contributed by atoms with van der Waals surface area (Å²) in [7, 11) is 0. The van der Waals surface area contributed by atoms with Gasteiger partial charge in [0.2, 0.25) is 0 Å². The number of rotatable bonds is 2. The lowest BCUT2D eigenvalue weighted by atomic mass is 10.3. The maximum Gasteiger partial charge on any atom is 0.0545 e. The van der Waals surface area contributed by atoms with Crippen molar-refractivity contribution in [2.75, 3.05) is 5.43 Å². The summed E-state index contributed by atoms with van der Waals surface area (Å²) in [5.74, 6) is 0. The predicted molar refractivity (Wildman–Crippen MR) is 49.9 cm³/mol. The van der Waals surface area contributed by atoms with Crippen LogP contribution in [0.25, 0.3) is 0 Å². The minimum Gasteiger partial charge on any atom is -0.295 e. The minimum absolute atomic E-state index is 1.09. The highest BCUT2D eigenvalue weighted by atomic mass is 15.4. The van der Waals surface area contributed by atoms with Gasteiger partial charge in [-0.2, -0.15) is 0 Å². The molecule has 2 aromatic rings. The monoisotopic (exact) mass is 158 g/mol. The van der Waals surface area contributed by atoms with Crippen LogP contribution in [0.5, 0.6) is 0 Å². The Balaban J connectivity index is 2.15. The quantitative estimate of drug-likeness (QED) is 0.710. The predicted octanol–water partition coefficient (Wildman–Crippen LogP) is 2.36. The van der Waals surface area contributed by atoms with Crippen molar-refractivity contribution in [3.8, 4) is 0 Å². The van der Waals surface area contributed by atoms with Crippen molar-refractivity contribution >= 4 is 5.69 Å². The Bertz CT molecular complexity index is 324. The summed E-state index contributed by atoms with van der Waals surface area (Å²) in [5.41, 5.74) is 4.29. The molecule has 0 amide bonds. The van der Waals surface area contributed by atoms with Crippen molar-refractivity contribution in [2.45, 2.75) is 0 Å².